The van der Waals surface area contributed by atoms with Crippen LogP contribution in [0.15, 0.2) is 18.5 Å². The lowest BCUT2D eigenvalue weighted by Gasteiger charge is -2.26. The second-order valence-corrected chi connectivity index (χ2v) is 5.72. The maximum Gasteiger partial charge on any atom is 0.252 e. The summed E-state index contributed by atoms with van der Waals surface area (Å²) >= 11 is 0. The predicted molar refractivity (Wildman–Crippen MR) is 81.7 cm³/mol. The molecule has 0 bridgehead atoms. The zero-order chi connectivity index (χ0) is 15.1. The number of carbonyl (C=O) groups is 1. The van der Waals surface area contributed by atoms with Crippen LogP contribution in [-0.4, -0.2) is 29.1 Å². The van der Waals surface area contributed by atoms with Crippen LogP contribution in [0.1, 0.15) is 48.5 Å². The van der Waals surface area contributed by atoms with E-state index < -0.39 is 0 Å². The fourth-order valence-corrected chi connectivity index (χ4v) is 2.69. The minimum Gasteiger partial charge on any atom is -0.384 e. The molecule has 4 nitrogen and oxygen atoms in total. The molecule has 0 atom stereocenters. The number of aliphatic hydroxyl groups excluding tert-OH is 1. The number of aliphatic hydroxyl groups is 1. The summed E-state index contributed by atoms with van der Waals surface area (Å²) in [6.07, 6.45) is 8.02. The van der Waals surface area contributed by atoms with Gasteiger partial charge in [0.15, 0.2) is 0 Å². The van der Waals surface area contributed by atoms with Gasteiger partial charge in [0.2, 0.25) is 0 Å². The van der Waals surface area contributed by atoms with E-state index in [-0.39, 0.29) is 12.5 Å². The molecule has 112 valence electrons. The molecule has 1 fully saturated rings. The number of carbonyl (C=O) groups excluding carboxylic acids is 1. The van der Waals surface area contributed by atoms with Crippen molar-refractivity contribution in [2.45, 2.75) is 32.6 Å². The molecule has 1 aromatic rings. The van der Waals surface area contributed by atoms with E-state index in [1.165, 1.54) is 25.7 Å². The third kappa shape index (κ3) is 4.57. The Morgan fingerprint density at radius 2 is 2.19 bits per heavy atom. The number of nitrogens with zero attached hydrogens (tertiary/aromatic N) is 1. The van der Waals surface area contributed by atoms with Crippen molar-refractivity contribution in [1.29, 1.82) is 0 Å². The van der Waals surface area contributed by atoms with Crippen LogP contribution in [0.2, 0.25) is 0 Å². The quantitative estimate of drug-likeness (QED) is 0.835. The molecule has 0 unspecified atom stereocenters. The Hall–Kier alpha value is -1.86. The molecule has 1 saturated carbocycles. The van der Waals surface area contributed by atoms with Gasteiger partial charge in [-0.25, -0.2) is 0 Å². The largest absolute Gasteiger partial charge is 0.384 e. The normalized spacial score (nSPS) is 21.2. The van der Waals surface area contributed by atoms with E-state index in [1.807, 2.05) is 0 Å². The van der Waals surface area contributed by atoms with Gasteiger partial charge in [-0.2, -0.15) is 0 Å². The lowest BCUT2D eigenvalue weighted by atomic mass is 9.83. The van der Waals surface area contributed by atoms with E-state index in [1.54, 1.807) is 18.5 Å². The first kappa shape index (κ1) is 15.5. The number of hydrogen-bond acceptors (Lipinski definition) is 3. The average Bonchev–Trinajstić information content (AvgIpc) is 2.52. The van der Waals surface area contributed by atoms with Crippen LogP contribution < -0.4 is 5.32 Å². The second kappa shape index (κ2) is 7.80. The Kier molecular flexibility index (Phi) is 5.77. The molecule has 0 saturated heterocycles. The van der Waals surface area contributed by atoms with E-state index >= 15 is 0 Å². The highest BCUT2D eigenvalue weighted by atomic mass is 16.2. The fourth-order valence-electron chi connectivity index (χ4n) is 2.69. The van der Waals surface area contributed by atoms with Crippen LogP contribution in [0, 0.1) is 23.7 Å². The van der Waals surface area contributed by atoms with E-state index in [4.69, 9.17) is 5.11 Å². The number of hydrogen-bond donors (Lipinski definition) is 2. The SMILES string of the molecule is CC1CCC(CNC(=O)c2ccncc2C#CCO)CC1. The topological polar surface area (TPSA) is 62.2 Å². The molecule has 1 heterocycles. The molecule has 1 aliphatic rings. The number of nitrogens with one attached hydrogen (secondary N) is 1. The fraction of sp³-hybridized carbons (Fsp3) is 0.529. The van der Waals surface area contributed by atoms with Gasteiger partial charge in [0.1, 0.15) is 6.61 Å². The lowest BCUT2D eigenvalue weighted by molar-refractivity contribution is 0.0941. The van der Waals surface area contributed by atoms with Crippen LogP contribution in [0.25, 0.3) is 0 Å². The zero-order valence-electron chi connectivity index (χ0n) is 12.4. The molecule has 21 heavy (non-hydrogen) atoms. The Bertz CT molecular complexity index is 537. The summed E-state index contributed by atoms with van der Waals surface area (Å²) in [7, 11) is 0. The maximum atomic E-state index is 12.3. The highest BCUT2D eigenvalue weighted by molar-refractivity contribution is 5.96. The van der Waals surface area contributed by atoms with Crippen molar-refractivity contribution in [2.24, 2.45) is 11.8 Å². The van der Waals surface area contributed by atoms with Crippen molar-refractivity contribution in [3.63, 3.8) is 0 Å². The summed E-state index contributed by atoms with van der Waals surface area (Å²) in [4.78, 5) is 16.2. The lowest BCUT2D eigenvalue weighted by Crippen LogP contribution is -2.31. The second-order valence-electron chi connectivity index (χ2n) is 5.72. The minimum absolute atomic E-state index is 0.113. The summed E-state index contributed by atoms with van der Waals surface area (Å²) in [5.41, 5.74) is 1.08. The third-order valence-electron chi connectivity index (χ3n) is 4.05. The molecular formula is C17H22N2O2. The smallest absolute Gasteiger partial charge is 0.252 e. The number of amides is 1. The number of pyridine rings is 1. The van der Waals surface area contributed by atoms with Gasteiger partial charge in [0.05, 0.1) is 11.1 Å². The summed E-state index contributed by atoms with van der Waals surface area (Å²) < 4.78 is 0. The van der Waals surface area contributed by atoms with E-state index in [0.717, 1.165) is 12.5 Å². The van der Waals surface area contributed by atoms with Gasteiger partial charge >= 0.3 is 0 Å². The average molecular weight is 286 g/mol. The van der Waals surface area contributed by atoms with Gasteiger partial charge < -0.3 is 10.4 Å². The molecular weight excluding hydrogens is 264 g/mol. The van der Waals surface area contributed by atoms with Gasteiger partial charge in [-0.05, 0) is 30.7 Å². The summed E-state index contributed by atoms with van der Waals surface area (Å²) in [5.74, 6) is 6.61. The highest BCUT2D eigenvalue weighted by Gasteiger charge is 2.19. The third-order valence-corrected chi connectivity index (χ3v) is 4.05. The van der Waals surface area contributed by atoms with Crippen LogP contribution >= 0.6 is 0 Å². The van der Waals surface area contributed by atoms with Gasteiger partial charge in [-0.15, -0.1) is 0 Å². The molecule has 2 rings (SSSR count). The van der Waals surface area contributed by atoms with Crippen molar-refractivity contribution in [1.82, 2.24) is 10.3 Å². The van der Waals surface area contributed by atoms with E-state index in [0.29, 0.717) is 17.0 Å². The molecule has 1 amide bonds. The number of rotatable bonds is 3. The van der Waals surface area contributed by atoms with Gasteiger partial charge in [-0.1, -0.05) is 31.6 Å². The van der Waals surface area contributed by atoms with Crippen LogP contribution in [0.4, 0.5) is 0 Å². The molecule has 1 aromatic heterocycles. The summed E-state index contributed by atoms with van der Waals surface area (Å²) in [6.45, 7) is 2.79. The molecule has 0 aromatic carbocycles. The van der Waals surface area contributed by atoms with E-state index in [9.17, 15) is 4.79 Å². The molecule has 4 heteroatoms. The van der Waals surface area contributed by atoms with E-state index in [2.05, 4.69) is 29.1 Å². The first-order valence-electron chi connectivity index (χ1n) is 7.52. The molecule has 1 aliphatic carbocycles. The first-order valence-corrected chi connectivity index (χ1v) is 7.52. The Balaban J connectivity index is 1.94. The first-order chi connectivity index (χ1) is 10.2. The van der Waals surface area contributed by atoms with Crippen molar-refractivity contribution in [2.75, 3.05) is 13.2 Å². The minimum atomic E-state index is -0.226. The van der Waals surface area contributed by atoms with Crippen LogP contribution in [-0.2, 0) is 0 Å². The Morgan fingerprint density at radius 3 is 2.90 bits per heavy atom. The Morgan fingerprint density at radius 1 is 1.43 bits per heavy atom. The summed E-state index contributed by atoms with van der Waals surface area (Å²) in [6, 6.07) is 1.67. The van der Waals surface area contributed by atoms with Crippen LogP contribution in [0.3, 0.4) is 0 Å². The van der Waals surface area contributed by atoms with Crippen molar-refractivity contribution >= 4 is 5.91 Å². The molecule has 0 spiro atoms. The zero-order valence-corrected chi connectivity index (χ0v) is 12.4. The van der Waals surface area contributed by atoms with Crippen molar-refractivity contribution in [3.8, 4) is 11.8 Å². The van der Waals surface area contributed by atoms with Crippen LogP contribution in [0.5, 0.6) is 0 Å². The summed E-state index contributed by atoms with van der Waals surface area (Å²) in [5, 5.41) is 11.8. The molecule has 2 N–H and O–H groups in total. The van der Waals surface area contributed by atoms with Crippen molar-refractivity contribution in [3.05, 3.63) is 29.6 Å². The standard InChI is InChI=1S/C17H22N2O2/c1-13-4-6-14(7-5-13)11-19-17(21)16-8-9-18-12-15(16)3-2-10-20/h8-9,12-14,20H,4-7,10-11H2,1H3,(H,19,21). The molecule has 0 radical (unpaired) electrons. The van der Waals surface area contributed by atoms with Gasteiger partial charge in [0, 0.05) is 18.9 Å². The maximum absolute atomic E-state index is 12.3. The monoisotopic (exact) mass is 286 g/mol. The molecule has 0 aliphatic heterocycles. The Labute approximate surface area is 126 Å². The van der Waals surface area contributed by atoms with Crippen molar-refractivity contribution < 1.29 is 9.90 Å². The predicted octanol–water partition coefficient (Wildman–Crippen LogP) is 1.98. The number of aromatic nitrogens is 1. The van der Waals surface area contributed by atoms with Gasteiger partial charge in [0.25, 0.3) is 5.91 Å². The highest BCUT2D eigenvalue weighted by Crippen LogP contribution is 2.27. The van der Waals surface area contributed by atoms with Gasteiger partial charge in [-0.3, -0.25) is 9.78 Å².